The average Bonchev–Trinajstić information content (AvgIpc) is 3.07. The van der Waals surface area contributed by atoms with Gasteiger partial charge in [-0.15, -0.1) is 17.8 Å². The highest BCUT2D eigenvalue weighted by Gasteiger charge is 2.14. The molecule has 0 aliphatic heterocycles. The number of aromatic nitrogens is 2. The molecule has 0 aliphatic carbocycles. The van der Waals surface area contributed by atoms with Crippen LogP contribution < -0.4 is 4.80 Å². The van der Waals surface area contributed by atoms with Crippen molar-refractivity contribution in [1.82, 2.24) is 9.55 Å². The van der Waals surface area contributed by atoms with E-state index in [2.05, 4.69) is 35.0 Å². The average molecular weight is 355 g/mol. The first-order chi connectivity index (χ1) is 11.5. The van der Waals surface area contributed by atoms with Crippen molar-refractivity contribution in [2.24, 2.45) is 4.99 Å². The summed E-state index contributed by atoms with van der Waals surface area (Å²) in [5.41, 5.74) is 2.99. The number of terminal acetylenes is 1. The van der Waals surface area contributed by atoms with E-state index >= 15 is 0 Å². The van der Waals surface area contributed by atoms with Gasteiger partial charge in [0.1, 0.15) is 4.88 Å². The molecule has 2 aromatic heterocycles. The van der Waals surface area contributed by atoms with E-state index < -0.39 is 0 Å². The van der Waals surface area contributed by atoms with Gasteiger partial charge in [0, 0.05) is 0 Å². The van der Waals surface area contributed by atoms with Gasteiger partial charge < -0.3 is 4.57 Å². The van der Waals surface area contributed by atoms with E-state index in [0.29, 0.717) is 16.2 Å². The quantitative estimate of drug-likeness (QED) is 0.672. The molecule has 0 saturated carbocycles. The minimum absolute atomic E-state index is 0.258. The standard InChI is InChI=1S/C18H17N3OS2/c1-5-9-21-14-8-7-13(6-2)10-15(14)24-18(21)20-17(22)16-11(3)19-12(4)23-16/h1,7-8,10H,6,9H2,2-4H3. The Morgan fingerprint density at radius 2 is 2.17 bits per heavy atom. The molecule has 1 aromatic carbocycles. The minimum Gasteiger partial charge on any atom is -0.305 e. The van der Waals surface area contributed by atoms with E-state index in [1.807, 2.05) is 24.5 Å². The van der Waals surface area contributed by atoms with Crippen molar-refractivity contribution < 1.29 is 4.79 Å². The van der Waals surface area contributed by atoms with E-state index in [1.54, 1.807) is 0 Å². The summed E-state index contributed by atoms with van der Waals surface area (Å²) in [7, 11) is 0. The van der Waals surface area contributed by atoms with Crippen molar-refractivity contribution in [3.8, 4) is 12.3 Å². The van der Waals surface area contributed by atoms with Gasteiger partial charge in [-0.25, -0.2) is 4.98 Å². The van der Waals surface area contributed by atoms with Crippen molar-refractivity contribution in [3.05, 3.63) is 44.1 Å². The van der Waals surface area contributed by atoms with Crippen LogP contribution in [0.4, 0.5) is 0 Å². The van der Waals surface area contributed by atoms with Crippen LogP contribution in [0.25, 0.3) is 10.2 Å². The number of amides is 1. The number of carbonyl (C=O) groups is 1. The molecule has 0 spiro atoms. The number of fused-ring (bicyclic) bond motifs is 1. The second-order valence-corrected chi connectivity index (χ2v) is 7.61. The maximum atomic E-state index is 12.6. The van der Waals surface area contributed by atoms with Gasteiger partial charge >= 0.3 is 0 Å². The molecule has 122 valence electrons. The predicted molar refractivity (Wildman–Crippen MR) is 99.5 cm³/mol. The summed E-state index contributed by atoms with van der Waals surface area (Å²) >= 11 is 2.87. The highest BCUT2D eigenvalue weighted by atomic mass is 32.1. The zero-order valence-corrected chi connectivity index (χ0v) is 15.4. The number of aryl methyl sites for hydroxylation is 3. The summed E-state index contributed by atoms with van der Waals surface area (Å²) < 4.78 is 3.01. The van der Waals surface area contributed by atoms with Crippen molar-refractivity contribution in [2.45, 2.75) is 33.7 Å². The first-order valence-electron chi connectivity index (χ1n) is 7.62. The Morgan fingerprint density at radius 3 is 2.79 bits per heavy atom. The molecular weight excluding hydrogens is 338 g/mol. The first-order valence-corrected chi connectivity index (χ1v) is 9.25. The van der Waals surface area contributed by atoms with Gasteiger partial charge in [0.2, 0.25) is 0 Å². The van der Waals surface area contributed by atoms with Crippen LogP contribution in [0.5, 0.6) is 0 Å². The monoisotopic (exact) mass is 355 g/mol. The molecule has 0 bridgehead atoms. The molecule has 0 radical (unpaired) electrons. The van der Waals surface area contributed by atoms with Crippen LogP contribution >= 0.6 is 22.7 Å². The summed E-state index contributed by atoms with van der Waals surface area (Å²) in [5, 5.41) is 0.867. The molecule has 3 aromatic rings. The van der Waals surface area contributed by atoms with Gasteiger partial charge in [-0.2, -0.15) is 4.99 Å². The maximum absolute atomic E-state index is 12.6. The van der Waals surface area contributed by atoms with Gasteiger partial charge in [0.15, 0.2) is 4.80 Å². The maximum Gasteiger partial charge on any atom is 0.291 e. The lowest BCUT2D eigenvalue weighted by Gasteiger charge is -2.00. The van der Waals surface area contributed by atoms with Crippen LogP contribution in [0.15, 0.2) is 23.2 Å². The molecular formula is C18H17N3OS2. The molecule has 0 N–H and O–H groups in total. The Kier molecular flexibility index (Phi) is 4.65. The topological polar surface area (TPSA) is 47.2 Å². The fourth-order valence-corrected chi connectivity index (χ4v) is 4.43. The Hall–Kier alpha value is -2.23. The van der Waals surface area contributed by atoms with Crippen LogP contribution in [0.3, 0.4) is 0 Å². The number of hydrogen-bond donors (Lipinski definition) is 0. The molecule has 0 saturated heterocycles. The number of thiazole rings is 2. The third-order valence-electron chi connectivity index (χ3n) is 3.70. The molecule has 24 heavy (non-hydrogen) atoms. The van der Waals surface area contributed by atoms with Gasteiger partial charge in [0.05, 0.1) is 27.5 Å². The molecule has 3 rings (SSSR count). The normalized spacial score (nSPS) is 11.8. The van der Waals surface area contributed by atoms with Crippen molar-refractivity contribution >= 4 is 38.8 Å². The zero-order valence-electron chi connectivity index (χ0n) is 13.8. The predicted octanol–water partition coefficient (Wildman–Crippen LogP) is 3.71. The van der Waals surface area contributed by atoms with Gasteiger partial charge in [0.25, 0.3) is 5.91 Å². The van der Waals surface area contributed by atoms with E-state index in [4.69, 9.17) is 6.42 Å². The zero-order chi connectivity index (χ0) is 17.3. The number of rotatable bonds is 3. The third-order valence-corrected chi connectivity index (χ3v) is 5.80. The van der Waals surface area contributed by atoms with Gasteiger partial charge in [-0.1, -0.05) is 30.2 Å². The SMILES string of the molecule is C#CCn1c(=NC(=O)c2sc(C)nc2C)sc2cc(CC)ccc21. The van der Waals surface area contributed by atoms with Crippen LogP contribution in [-0.2, 0) is 13.0 Å². The molecule has 0 unspecified atom stereocenters. The number of nitrogens with zero attached hydrogens (tertiary/aromatic N) is 3. The van der Waals surface area contributed by atoms with Crippen molar-refractivity contribution in [1.29, 1.82) is 0 Å². The fraction of sp³-hybridized carbons (Fsp3) is 0.278. The summed E-state index contributed by atoms with van der Waals surface area (Å²) in [6.45, 7) is 6.23. The lowest BCUT2D eigenvalue weighted by atomic mass is 10.2. The van der Waals surface area contributed by atoms with Crippen molar-refractivity contribution in [3.63, 3.8) is 0 Å². The molecule has 0 aliphatic rings. The smallest absolute Gasteiger partial charge is 0.291 e. The summed E-state index contributed by atoms with van der Waals surface area (Å²) in [5.74, 6) is 2.39. The van der Waals surface area contributed by atoms with E-state index in [-0.39, 0.29) is 5.91 Å². The van der Waals surface area contributed by atoms with Crippen LogP contribution in [-0.4, -0.2) is 15.5 Å². The number of carbonyl (C=O) groups excluding carboxylic acids is 1. The molecule has 6 heteroatoms. The summed E-state index contributed by atoms with van der Waals surface area (Å²) in [4.78, 5) is 22.4. The second kappa shape index (κ2) is 6.71. The minimum atomic E-state index is -0.258. The molecule has 0 fully saturated rings. The highest BCUT2D eigenvalue weighted by molar-refractivity contribution is 7.16. The summed E-state index contributed by atoms with van der Waals surface area (Å²) in [6.07, 6.45) is 6.47. The Bertz CT molecular complexity index is 1030. The number of hydrogen-bond acceptors (Lipinski definition) is 4. The Labute approximate surface area is 148 Å². The van der Waals surface area contributed by atoms with E-state index in [9.17, 15) is 4.79 Å². The van der Waals surface area contributed by atoms with E-state index in [0.717, 1.165) is 27.3 Å². The molecule has 2 heterocycles. The van der Waals surface area contributed by atoms with Gasteiger partial charge in [-0.05, 0) is 38.0 Å². The third kappa shape index (κ3) is 3.05. The largest absolute Gasteiger partial charge is 0.305 e. The Balaban J connectivity index is 2.17. The Morgan fingerprint density at radius 1 is 1.38 bits per heavy atom. The van der Waals surface area contributed by atoms with E-state index in [1.165, 1.54) is 28.2 Å². The van der Waals surface area contributed by atoms with Gasteiger partial charge in [-0.3, -0.25) is 4.79 Å². The molecule has 4 nitrogen and oxygen atoms in total. The lowest BCUT2D eigenvalue weighted by molar-refractivity contribution is 0.100. The van der Waals surface area contributed by atoms with Crippen LogP contribution in [0.1, 0.15) is 32.9 Å². The fourth-order valence-electron chi connectivity index (χ4n) is 2.53. The highest BCUT2D eigenvalue weighted by Crippen LogP contribution is 2.21. The van der Waals surface area contributed by atoms with Crippen LogP contribution in [0.2, 0.25) is 0 Å². The molecule has 1 amide bonds. The number of benzene rings is 1. The first kappa shape index (κ1) is 16.6. The second-order valence-electron chi connectivity index (χ2n) is 5.39. The van der Waals surface area contributed by atoms with Crippen molar-refractivity contribution in [2.75, 3.05) is 0 Å². The van der Waals surface area contributed by atoms with Crippen LogP contribution in [0, 0.1) is 26.2 Å². The molecule has 0 atom stereocenters. The lowest BCUT2D eigenvalue weighted by Crippen LogP contribution is -2.16. The summed E-state index contributed by atoms with van der Waals surface area (Å²) in [6, 6.07) is 6.27.